The van der Waals surface area contributed by atoms with Gasteiger partial charge in [0.25, 0.3) is 5.78 Å². The molecule has 1 saturated heterocycles. The summed E-state index contributed by atoms with van der Waals surface area (Å²) in [4.78, 5) is 13.2. The third-order valence-electron chi connectivity index (χ3n) is 4.10. The van der Waals surface area contributed by atoms with E-state index in [0.29, 0.717) is 10.9 Å². The van der Waals surface area contributed by atoms with Crippen LogP contribution in [0.1, 0.15) is 26.3 Å². The molecule has 2 aromatic rings. The minimum Gasteiger partial charge on any atom is -0.354 e. The van der Waals surface area contributed by atoms with E-state index in [-0.39, 0.29) is 5.54 Å². The second-order valence-electron chi connectivity index (χ2n) is 6.47. The lowest BCUT2D eigenvalue weighted by Gasteiger charge is -2.43. The molecule has 1 fully saturated rings. The fourth-order valence-corrected chi connectivity index (χ4v) is 3.00. The van der Waals surface area contributed by atoms with Crippen LogP contribution in [0.2, 0.25) is 5.15 Å². The molecule has 0 atom stereocenters. The van der Waals surface area contributed by atoms with E-state index in [1.165, 1.54) is 6.33 Å². The van der Waals surface area contributed by atoms with Gasteiger partial charge in [-0.25, -0.2) is 0 Å². The second kappa shape index (κ2) is 5.10. The summed E-state index contributed by atoms with van der Waals surface area (Å²) in [5.41, 5.74) is 1.17. The van der Waals surface area contributed by atoms with Gasteiger partial charge in [0.2, 0.25) is 0 Å². The van der Waals surface area contributed by atoms with Crippen molar-refractivity contribution in [2.75, 3.05) is 31.1 Å². The molecule has 114 valence electrons. The van der Waals surface area contributed by atoms with Gasteiger partial charge < -0.3 is 4.90 Å². The maximum atomic E-state index is 6.24. The smallest absolute Gasteiger partial charge is 0.255 e. The van der Waals surface area contributed by atoms with Crippen LogP contribution < -0.4 is 4.90 Å². The summed E-state index contributed by atoms with van der Waals surface area (Å²) < 4.78 is 1.79. The first-order valence-electron chi connectivity index (χ1n) is 7.24. The molecule has 3 rings (SSSR count). The van der Waals surface area contributed by atoms with Crippen LogP contribution in [0.25, 0.3) is 5.78 Å². The third-order valence-corrected chi connectivity index (χ3v) is 4.47. The lowest BCUT2D eigenvalue weighted by Crippen LogP contribution is -2.54. The van der Waals surface area contributed by atoms with Crippen LogP contribution in [0.15, 0.2) is 6.33 Å². The highest BCUT2D eigenvalue weighted by Crippen LogP contribution is 2.27. The lowest BCUT2D eigenvalue weighted by atomic mass is 10.0. The molecule has 7 heteroatoms. The van der Waals surface area contributed by atoms with Gasteiger partial charge in [0.1, 0.15) is 17.3 Å². The average Bonchev–Trinajstić information content (AvgIpc) is 2.87. The van der Waals surface area contributed by atoms with Crippen LogP contribution in [-0.2, 0) is 0 Å². The van der Waals surface area contributed by atoms with Crippen LogP contribution in [0, 0.1) is 6.92 Å². The summed E-state index contributed by atoms with van der Waals surface area (Å²) in [5.74, 6) is 1.56. The summed E-state index contributed by atoms with van der Waals surface area (Å²) in [6.45, 7) is 12.7. The first-order valence-corrected chi connectivity index (χ1v) is 7.61. The van der Waals surface area contributed by atoms with Crippen LogP contribution in [-0.4, -0.2) is 56.2 Å². The van der Waals surface area contributed by atoms with Gasteiger partial charge in [0, 0.05) is 37.3 Å². The van der Waals surface area contributed by atoms with Crippen LogP contribution in [0.3, 0.4) is 0 Å². The molecular formula is C14H21ClN6. The number of nitrogens with zero attached hydrogens (tertiary/aromatic N) is 6. The van der Waals surface area contributed by atoms with Crippen LogP contribution >= 0.6 is 11.6 Å². The number of anilines is 1. The fourth-order valence-electron chi connectivity index (χ4n) is 2.84. The maximum Gasteiger partial charge on any atom is 0.255 e. The Kier molecular flexibility index (Phi) is 3.53. The van der Waals surface area contributed by atoms with Crippen molar-refractivity contribution in [3.8, 4) is 0 Å². The number of fused-ring (bicyclic) bond motifs is 1. The van der Waals surface area contributed by atoms with E-state index >= 15 is 0 Å². The van der Waals surface area contributed by atoms with Gasteiger partial charge in [-0.05, 0) is 27.7 Å². The number of piperazine rings is 1. The van der Waals surface area contributed by atoms with Gasteiger partial charge in [-0.3, -0.25) is 4.90 Å². The summed E-state index contributed by atoms with van der Waals surface area (Å²) >= 11 is 6.24. The molecule has 0 aromatic carbocycles. The second-order valence-corrected chi connectivity index (χ2v) is 6.83. The zero-order valence-electron chi connectivity index (χ0n) is 13.0. The predicted octanol–water partition coefficient (Wildman–Crippen LogP) is 2.01. The Balaban J connectivity index is 1.92. The molecule has 0 bridgehead atoms. The molecule has 6 nitrogen and oxygen atoms in total. The van der Waals surface area contributed by atoms with Crippen molar-refractivity contribution < 1.29 is 0 Å². The van der Waals surface area contributed by atoms with Crippen molar-refractivity contribution in [2.45, 2.75) is 33.2 Å². The molecule has 0 spiro atoms. The molecule has 0 aliphatic carbocycles. The highest BCUT2D eigenvalue weighted by Gasteiger charge is 2.28. The van der Waals surface area contributed by atoms with Gasteiger partial charge in [-0.2, -0.15) is 19.6 Å². The molecule has 21 heavy (non-hydrogen) atoms. The average molecular weight is 309 g/mol. The topological polar surface area (TPSA) is 49.6 Å². The van der Waals surface area contributed by atoms with E-state index < -0.39 is 0 Å². The van der Waals surface area contributed by atoms with E-state index in [1.54, 1.807) is 4.52 Å². The molecule has 0 saturated carbocycles. The normalized spacial score (nSPS) is 17.7. The Hall–Kier alpha value is -1.40. The van der Waals surface area contributed by atoms with Crippen molar-refractivity contribution in [3.05, 3.63) is 17.0 Å². The van der Waals surface area contributed by atoms with E-state index in [4.69, 9.17) is 11.6 Å². The standard InChI is InChI=1S/C14H21ClN6/c1-10-11(15)18-13-16-9-17-21(13)12(10)19-5-7-20(8-6-19)14(2,3)4/h9H,5-8H2,1-4H3. The minimum absolute atomic E-state index is 0.208. The molecule has 2 aromatic heterocycles. The molecule has 0 N–H and O–H groups in total. The number of hydrogen-bond acceptors (Lipinski definition) is 5. The van der Waals surface area contributed by atoms with Crippen molar-refractivity contribution in [3.63, 3.8) is 0 Å². The molecule has 0 unspecified atom stereocenters. The first-order chi connectivity index (χ1) is 9.88. The summed E-state index contributed by atoms with van der Waals surface area (Å²) in [6, 6.07) is 0. The highest BCUT2D eigenvalue weighted by atomic mass is 35.5. The number of halogens is 1. The Labute approximate surface area is 129 Å². The van der Waals surface area contributed by atoms with Gasteiger partial charge in [-0.1, -0.05) is 11.6 Å². The Morgan fingerprint density at radius 1 is 1.14 bits per heavy atom. The molecule has 1 aliphatic heterocycles. The van der Waals surface area contributed by atoms with Crippen LogP contribution in [0.4, 0.5) is 5.82 Å². The van der Waals surface area contributed by atoms with Crippen molar-refractivity contribution in [2.24, 2.45) is 0 Å². The third kappa shape index (κ3) is 2.58. The molecule has 0 radical (unpaired) electrons. The quantitative estimate of drug-likeness (QED) is 0.754. The Bertz CT molecular complexity index is 651. The molecular weight excluding hydrogens is 288 g/mol. The fraction of sp³-hybridized carbons (Fsp3) is 0.643. The van der Waals surface area contributed by atoms with Crippen molar-refractivity contribution in [1.82, 2.24) is 24.5 Å². The summed E-state index contributed by atoms with van der Waals surface area (Å²) in [7, 11) is 0. The lowest BCUT2D eigenvalue weighted by molar-refractivity contribution is 0.128. The Morgan fingerprint density at radius 2 is 1.81 bits per heavy atom. The zero-order chi connectivity index (χ0) is 15.2. The minimum atomic E-state index is 0.208. The number of aromatic nitrogens is 4. The van der Waals surface area contributed by atoms with Crippen LogP contribution in [0.5, 0.6) is 0 Å². The van der Waals surface area contributed by atoms with Gasteiger partial charge >= 0.3 is 0 Å². The molecule has 1 aliphatic rings. The maximum absolute atomic E-state index is 6.24. The summed E-state index contributed by atoms with van der Waals surface area (Å²) in [6.07, 6.45) is 1.52. The zero-order valence-corrected chi connectivity index (χ0v) is 13.7. The highest BCUT2D eigenvalue weighted by molar-refractivity contribution is 6.30. The Morgan fingerprint density at radius 3 is 2.43 bits per heavy atom. The van der Waals surface area contributed by atoms with Gasteiger partial charge in [0.05, 0.1) is 0 Å². The van der Waals surface area contributed by atoms with E-state index in [1.807, 2.05) is 6.92 Å². The summed E-state index contributed by atoms with van der Waals surface area (Å²) in [5, 5.41) is 4.80. The monoisotopic (exact) mass is 308 g/mol. The number of rotatable bonds is 1. The molecule has 3 heterocycles. The predicted molar refractivity (Wildman–Crippen MR) is 84.1 cm³/mol. The van der Waals surface area contributed by atoms with Crippen molar-refractivity contribution >= 4 is 23.2 Å². The van der Waals surface area contributed by atoms with E-state index in [0.717, 1.165) is 37.6 Å². The first kappa shape index (κ1) is 14.5. The van der Waals surface area contributed by atoms with Crippen molar-refractivity contribution in [1.29, 1.82) is 0 Å². The SMILES string of the molecule is Cc1c(Cl)nc2ncnn2c1N1CCN(C(C)(C)C)CC1. The number of hydrogen-bond donors (Lipinski definition) is 0. The van der Waals surface area contributed by atoms with E-state index in [2.05, 4.69) is 45.6 Å². The van der Waals surface area contributed by atoms with Gasteiger partial charge in [-0.15, -0.1) is 0 Å². The molecule has 0 amide bonds. The largest absolute Gasteiger partial charge is 0.354 e. The van der Waals surface area contributed by atoms with Gasteiger partial charge in [0.15, 0.2) is 0 Å². The van der Waals surface area contributed by atoms with E-state index in [9.17, 15) is 0 Å².